The summed E-state index contributed by atoms with van der Waals surface area (Å²) in [4.78, 5) is 0. The van der Waals surface area contributed by atoms with Gasteiger partial charge in [-0.3, -0.25) is 0 Å². The average molecular weight is 140 g/mol. The second-order valence-corrected chi connectivity index (χ2v) is 2.74. The lowest BCUT2D eigenvalue weighted by Gasteiger charge is -2.14. The zero-order chi connectivity index (χ0) is 7.78. The van der Waals surface area contributed by atoms with Gasteiger partial charge in [0.1, 0.15) is 0 Å². The van der Waals surface area contributed by atoms with E-state index in [2.05, 4.69) is 5.92 Å². The van der Waals surface area contributed by atoms with Crippen LogP contribution in [0.5, 0.6) is 0 Å². The van der Waals surface area contributed by atoms with Crippen molar-refractivity contribution in [2.45, 2.75) is 38.8 Å². The Balaban J connectivity index is 2.66. The highest BCUT2D eigenvalue weighted by Gasteiger charge is 2.38. The summed E-state index contributed by atoms with van der Waals surface area (Å²) in [5.74, 6) is 1.66. The van der Waals surface area contributed by atoms with Crippen LogP contribution in [0.15, 0.2) is 0 Å². The van der Waals surface area contributed by atoms with Crippen molar-refractivity contribution in [3.8, 4) is 12.3 Å². The van der Waals surface area contributed by atoms with Crippen molar-refractivity contribution in [3.63, 3.8) is 0 Å². The van der Waals surface area contributed by atoms with Gasteiger partial charge in [0.2, 0.25) is 5.79 Å². The summed E-state index contributed by atoms with van der Waals surface area (Å²) in [6.45, 7) is 5.66. The summed E-state index contributed by atoms with van der Waals surface area (Å²) < 4.78 is 10.7. The van der Waals surface area contributed by atoms with Crippen molar-refractivity contribution in [1.82, 2.24) is 0 Å². The second kappa shape index (κ2) is 2.26. The summed E-state index contributed by atoms with van der Waals surface area (Å²) >= 11 is 0. The van der Waals surface area contributed by atoms with Gasteiger partial charge in [0.05, 0.1) is 12.2 Å². The van der Waals surface area contributed by atoms with E-state index in [0.29, 0.717) is 0 Å². The molecule has 2 atom stereocenters. The van der Waals surface area contributed by atoms with Crippen LogP contribution in [0.3, 0.4) is 0 Å². The Morgan fingerprint density at radius 1 is 1.30 bits per heavy atom. The molecular weight excluding hydrogens is 128 g/mol. The number of ether oxygens (including phenoxy) is 2. The van der Waals surface area contributed by atoms with Gasteiger partial charge in [-0.25, -0.2) is 0 Å². The van der Waals surface area contributed by atoms with Crippen LogP contribution in [0.25, 0.3) is 0 Å². The molecule has 10 heavy (non-hydrogen) atoms. The minimum atomic E-state index is -0.793. The molecular formula is C8H12O2. The Morgan fingerprint density at radius 2 is 1.70 bits per heavy atom. The van der Waals surface area contributed by atoms with E-state index in [9.17, 15) is 0 Å². The highest BCUT2D eigenvalue weighted by Crippen LogP contribution is 2.26. The number of hydrogen-bond donors (Lipinski definition) is 0. The van der Waals surface area contributed by atoms with Crippen LogP contribution in [-0.2, 0) is 9.47 Å². The molecule has 1 fully saturated rings. The molecule has 2 heteroatoms. The van der Waals surface area contributed by atoms with Crippen LogP contribution in [0.2, 0.25) is 0 Å². The molecule has 1 aliphatic heterocycles. The molecule has 0 spiro atoms. The van der Waals surface area contributed by atoms with Crippen molar-refractivity contribution in [1.29, 1.82) is 0 Å². The van der Waals surface area contributed by atoms with Crippen molar-refractivity contribution < 1.29 is 9.47 Å². The quantitative estimate of drug-likeness (QED) is 0.470. The molecule has 0 aromatic carbocycles. The average Bonchev–Trinajstić information content (AvgIpc) is 2.10. The van der Waals surface area contributed by atoms with E-state index in [0.717, 1.165) is 0 Å². The first-order chi connectivity index (χ1) is 4.57. The molecule has 0 aromatic rings. The maximum atomic E-state index is 5.35. The van der Waals surface area contributed by atoms with Gasteiger partial charge in [-0.05, 0) is 19.8 Å². The molecule has 0 radical (unpaired) electrons. The first kappa shape index (κ1) is 7.59. The van der Waals surface area contributed by atoms with Gasteiger partial charge < -0.3 is 9.47 Å². The van der Waals surface area contributed by atoms with E-state index in [4.69, 9.17) is 15.9 Å². The molecule has 2 unspecified atom stereocenters. The third-order valence-corrected chi connectivity index (χ3v) is 1.74. The summed E-state index contributed by atoms with van der Waals surface area (Å²) in [6, 6.07) is 0. The van der Waals surface area contributed by atoms with Crippen LogP contribution in [0.1, 0.15) is 20.8 Å². The lowest BCUT2D eigenvalue weighted by Crippen LogP contribution is -2.23. The number of rotatable bonds is 0. The summed E-state index contributed by atoms with van der Waals surface area (Å²) in [7, 11) is 0. The van der Waals surface area contributed by atoms with Gasteiger partial charge in [0.15, 0.2) is 0 Å². The summed E-state index contributed by atoms with van der Waals surface area (Å²) in [5.41, 5.74) is 0. The number of hydrogen-bond acceptors (Lipinski definition) is 2. The molecule has 1 heterocycles. The first-order valence-corrected chi connectivity index (χ1v) is 3.41. The van der Waals surface area contributed by atoms with E-state index in [1.165, 1.54) is 0 Å². The van der Waals surface area contributed by atoms with Crippen molar-refractivity contribution in [2.24, 2.45) is 0 Å². The molecule has 1 rings (SSSR count). The molecule has 56 valence electrons. The van der Waals surface area contributed by atoms with Crippen LogP contribution in [0.4, 0.5) is 0 Å². The largest absolute Gasteiger partial charge is 0.334 e. The lowest BCUT2D eigenvalue weighted by atomic mass is 10.3. The SMILES string of the molecule is C#CC1(C)OC(C)C(C)O1. The highest BCUT2D eigenvalue weighted by atomic mass is 16.7. The molecule has 0 amide bonds. The van der Waals surface area contributed by atoms with Crippen molar-refractivity contribution in [3.05, 3.63) is 0 Å². The van der Waals surface area contributed by atoms with E-state index >= 15 is 0 Å². The highest BCUT2D eigenvalue weighted by molar-refractivity contribution is 5.03. The topological polar surface area (TPSA) is 18.5 Å². The van der Waals surface area contributed by atoms with Crippen LogP contribution >= 0.6 is 0 Å². The minimum Gasteiger partial charge on any atom is -0.334 e. The molecule has 1 aliphatic rings. The van der Waals surface area contributed by atoms with Gasteiger partial charge in [-0.15, -0.1) is 6.42 Å². The minimum absolute atomic E-state index is 0.0982. The maximum Gasteiger partial charge on any atom is 0.231 e. The standard InChI is InChI=1S/C8H12O2/c1-5-8(4)9-6(2)7(3)10-8/h1,6-7H,2-4H3. The van der Waals surface area contributed by atoms with Crippen LogP contribution in [-0.4, -0.2) is 18.0 Å². The van der Waals surface area contributed by atoms with Gasteiger partial charge in [-0.2, -0.15) is 0 Å². The Labute approximate surface area is 61.5 Å². The van der Waals surface area contributed by atoms with Gasteiger partial charge in [-0.1, -0.05) is 0 Å². The normalized spacial score (nSPS) is 47.0. The van der Waals surface area contributed by atoms with Crippen LogP contribution in [0, 0.1) is 12.3 Å². The first-order valence-electron chi connectivity index (χ1n) is 3.41. The zero-order valence-corrected chi connectivity index (χ0v) is 6.55. The van der Waals surface area contributed by atoms with Crippen LogP contribution < -0.4 is 0 Å². The maximum absolute atomic E-state index is 5.35. The predicted octanol–water partition coefficient (Wildman–Crippen LogP) is 1.16. The Bertz CT molecular complexity index is 159. The summed E-state index contributed by atoms with van der Waals surface area (Å²) in [6.07, 6.45) is 5.39. The molecule has 0 saturated carbocycles. The Morgan fingerprint density at radius 3 is 1.90 bits per heavy atom. The number of terminal acetylenes is 1. The zero-order valence-electron chi connectivity index (χ0n) is 6.55. The molecule has 0 N–H and O–H groups in total. The smallest absolute Gasteiger partial charge is 0.231 e. The molecule has 0 aliphatic carbocycles. The summed E-state index contributed by atoms with van der Waals surface area (Å²) in [5, 5.41) is 0. The second-order valence-electron chi connectivity index (χ2n) is 2.74. The Hall–Kier alpha value is -0.520. The Kier molecular flexibility index (Phi) is 1.72. The van der Waals surface area contributed by atoms with E-state index in [1.807, 2.05) is 13.8 Å². The fourth-order valence-corrected chi connectivity index (χ4v) is 0.997. The van der Waals surface area contributed by atoms with E-state index in [-0.39, 0.29) is 12.2 Å². The van der Waals surface area contributed by atoms with Crippen molar-refractivity contribution >= 4 is 0 Å². The van der Waals surface area contributed by atoms with Gasteiger partial charge in [0.25, 0.3) is 0 Å². The third kappa shape index (κ3) is 1.16. The molecule has 0 bridgehead atoms. The lowest BCUT2D eigenvalue weighted by molar-refractivity contribution is -0.110. The fourth-order valence-electron chi connectivity index (χ4n) is 0.997. The predicted molar refractivity (Wildman–Crippen MR) is 38.3 cm³/mol. The third-order valence-electron chi connectivity index (χ3n) is 1.74. The van der Waals surface area contributed by atoms with E-state index in [1.54, 1.807) is 6.92 Å². The fraction of sp³-hybridized carbons (Fsp3) is 0.750. The molecule has 0 aromatic heterocycles. The van der Waals surface area contributed by atoms with Crippen molar-refractivity contribution in [2.75, 3.05) is 0 Å². The van der Waals surface area contributed by atoms with E-state index < -0.39 is 5.79 Å². The molecule has 1 saturated heterocycles. The van der Waals surface area contributed by atoms with Gasteiger partial charge >= 0.3 is 0 Å². The monoisotopic (exact) mass is 140 g/mol. The molecule has 2 nitrogen and oxygen atoms in total. The van der Waals surface area contributed by atoms with Gasteiger partial charge in [0, 0.05) is 6.92 Å².